The van der Waals surface area contributed by atoms with Crippen LogP contribution in [0.25, 0.3) is 0 Å². The lowest BCUT2D eigenvalue weighted by Crippen LogP contribution is -2.37. The van der Waals surface area contributed by atoms with E-state index in [1.54, 1.807) is 29.2 Å². The first-order valence-corrected chi connectivity index (χ1v) is 8.03. The molecular formula is C18H20Cl2N2O2. The van der Waals surface area contributed by atoms with E-state index in [1.807, 2.05) is 30.3 Å². The second kappa shape index (κ2) is 8.38. The van der Waals surface area contributed by atoms with Gasteiger partial charge in [0.15, 0.2) is 0 Å². The first-order valence-electron chi connectivity index (χ1n) is 7.65. The van der Waals surface area contributed by atoms with Crippen molar-refractivity contribution in [1.82, 2.24) is 4.90 Å². The van der Waals surface area contributed by atoms with E-state index in [4.69, 9.17) is 22.1 Å². The van der Waals surface area contributed by atoms with Gasteiger partial charge in [-0.3, -0.25) is 4.79 Å². The van der Waals surface area contributed by atoms with Crippen LogP contribution in [0.1, 0.15) is 18.1 Å². The predicted octanol–water partition coefficient (Wildman–Crippen LogP) is 3.44. The topological polar surface area (TPSA) is 55.6 Å². The SMILES string of the molecule is Cl.N[C@@H]1CCN(C(=O)C(Oc2ccc(Cl)cc2)c2ccccc2)C1. The maximum Gasteiger partial charge on any atom is 0.268 e. The Morgan fingerprint density at radius 1 is 1.17 bits per heavy atom. The van der Waals surface area contributed by atoms with E-state index in [-0.39, 0.29) is 24.4 Å². The maximum atomic E-state index is 12.9. The summed E-state index contributed by atoms with van der Waals surface area (Å²) >= 11 is 5.90. The molecule has 2 N–H and O–H groups in total. The summed E-state index contributed by atoms with van der Waals surface area (Å²) in [5.74, 6) is 0.555. The molecule has 4 nitrogen and oxygen atoms in total. The second-order valence-corrected chi connectivity index (χ2v) is 6.13. The zero-order chi connectivity index (χ0) is 16.2. The highest BCUT2D eigenvalue weighted by atomic mass is 35.5. The summed E-state index contributed by atoms with van der Waals surface area (Å²) in [5.41, 5.74) is 6.75. The Morgan fingerprint density at radius 3 is 2.42 bits per heavy atom. The Hall–Kier alpha value is -1.75. The summed E-state index contributed by atoms with van der Waals surface area (Å²) in [4.78, 5) is 14.7. The average molecular weight is 367 g/mol. The summed E-state index contributed by atoms with van der Waals surface area (Å²) in [6, 6.07) is 16.6. The molecule has 2 atom stereocenters. The van der Waals surface area contributed by atoms with Crippen molar-refractivity contribution >= 4 is 29.9 Å². The number of hydrogen-bond acceptors (Lipinski definition) is 3. The van der Waals surface area contributed by atoms with E-state index < -0.39 is 6.10 Å². The first kappa shape index (κ1) is 18.6. The fraction of sp³-hybridized carbons (Fsp3) is 0.278. The highest BCUT2D eigenvalue weighted by Crippen LogP contribution is 2.26. The lowest BCUT2D eigenvalue weighted by atomic mass is 10.1. The third-order valence-corrected chi connectivity index (χ3v) is 4.18. The molecule has 1 aliphatic rings. The van der Waals surface area contributed by atoms with Gasteiger partial charge in [-0.25, -0.2) is 0 Å². The summed E-state index contributed by atoms with van der Waals surface area (Å²) in [6.07, 6.45) is 0.149. The molecule has 128 valence electrons. The van der Waals surface area contributed by atoms with Crippen LogP contribution in [0.15, 0.2) is 54.6 Å². The van der Waals surface area contributed by atoms with Gasteiger partial charge < -0.3 is 15.4 Å². The highest BCUT2D eigenvalue weighted by molar-refractivity contribution is 6.30. The number of ether oxygens (including phenoxy) is 1. The number of carbonyl (C=O) groups excluding carboxylic acids is 1. The minimum Gasteiger partial charge on any atom is -0.476 e. The van der Waals surface area contributed by atoms with Crippen LogP contribution in [0.2, 0.25) is 5.02 Å². The molecule has 1 saturated heterocycles. The molecule has 0 bridgehead atoms. The lowest BCUT2D eigenvalue weighted by molar-refractivity contribution is -0.138. The minimum absolute atomic E-state index is 0. The third kappa shape index (κ3) is 4.41. The standard InChI is InChI=1S/C18H19ClN2O2.ClH/c19-14-6-8-16(9-7-14)23-17(13-4-2-1-3-5-13)18(22)21-11-10-15(20)12-21;/h1-9,15,17H,10-12,20H2;1H/t15-,17?;/m1./s1. The van der Waals surface area contributed by atoms with Gasteiger partial charge in [-0.15, -0.1) is 12.4 Å². The van der Waals surface area contributed by atoms with Crippen molar-refractivity contribution in [3.05, 3.63) is 65.2 Å². The van der Waals surface area contributed by atoms with Crippen LogP contribution in [0.4, 0.5) is 0 Å². The van der Waals surface area contributed by atoms with E-state index in [1.165, 1.54) is 0 Å². The molecule has 3 rings (SSSR count). The molecule has 1 aliphatic heterocycles. The van der Waals surface area contributed by atoms with E-state index in [0.29, 0.717) is 23.9 Å². The summed E-state index contributed by atoms with van der Waals surface area (Å²) in [7, 11) is 0. The lowest BCUT2D eigenvalue weighted by Gasteiger charge is -2.24. The number of benzene rings is 2. The largest absolute Gasteiger partial charge is 0.476 e. The van der Waals surface area contributed by atoms with Crippen LogP contribution in [0.3, 0.4) is 0 Å². The number of nitrogens with zero attached hydrogens (tertiary/aromatic N) is 1. The minimum atomic E-state index is -0.678. The summed E-state index contributed by atoms with van der Waals surface area (Å²) < 4.78 is 5.97. The molecular weight excluding hydrogens is 347 g/mol. The van der Waals surface area contributed by atoms with E-state index in [9.17, 15) is 4.79 Å². The van der Waals surface area contributed by atoms with Gasteiger partial charge in [0.05, 0.1) is 0 Å². The Balaban J connectivity index is 0.00000208. The van der Waals surface area contributed by atoms with Crippen LogP contribution in [0, 0.1) is 0 Å². The van der Waals surface area contributed by atoms with Crippen molar-refractivity contribution in [2.24, 2.45) is 5.73 Å². The zero-order valence-corrected chi connectivity index (χ0v) is 14.7. The third-order valence-electron chi connectivity index (χ3n) is 3.93. The number of halogens is 2. The number of hydrogen-bond donors (Lipinski definition) is 1. The molecule has 1 heterocycles. The van der Waals surface area contributed by atoms with E-state index >= 15 is 0 Å². The number of likely N-dealkylation sites (tertiary alicyclic amines) is 1. The first-order chi connectivity index (χ1) is 11.1. The van der Waals surface area contributed by atoms with Crippen molar-refractivity contribution in [2.45, 2.75) is 18.6 Å². The van der Waals surface area contributed by atoms with Crippen LogP contribution < -0.4 is 10.5 Å². The van der Waals surface area contributed by atoms with Gasteiger partial charge >= 0.3 is 0 Å². The van der Waals surface area contributed by atoms with Crippen LogP contribution in [0.5, 0.6) is 5.75 Å². The molecule has 0 aliphatic carbocycles. The van der Waals surface area contributed by atoms with Gasteiger partial charge in [-0.2, -0.15) is 0 Å². The monoisotopic (exact) mass is 366 g/mol. The van der Waals surface area contributed by atoms with Gasteiger partial charge in [-0.1, -0.05) is 41.9 Å². The molecule has 1 unspecified atom stereocenters. The number of carbonyl (C=O) groups is 1. The molecule has 0 saturated carbocycles. The van der Waals surface area contributed by atoms with Crippen LogP contribution in [-0.4, -0.2) is 29.9 Å². The molecule has 6 heteroatoms. The fourth-order valence-corrected chi connectivity index (χ4v) is 2.82. The van der Waals surface area contributed by atoms with Crippen molar-refractivity contribution in [3.63, 3.8) is 0 Å². The Kier molecular flexibility index (Phi) is 6.49. The van der Waals surface area contributed by atoms with Crippen LogP contribution >= 0.6 is 24.0 Å². The zero-order valence-electron chi connectivity index (χ0n) is 13.1. The van der Waals surface area contributed by atoms with Gasteiger partial charge in [0, 0.05) is 29.7 Å². The second-order valence-electron chi connectivity index (χ2n) is 5.70. The van der Waals surface area contributed by atoms with Gasteiger partial charge in [-0.05, 0) is 30.7 Å². The molecule has 0 aromatic heterocycles. The average Bonchev–Trinajstić information content (AvgIpc) is 3.01. The molecule has 1 fully saturated rings. The van der Waals surface area contributed by atoms with Crippen molar-refractivity contribution in [2.75, 3.05) is 13.1 Å². The van der Waals surface area contributed by atoms with E-state index in [2.05, 4.69) is 0 Å². The van der Waals surface area contributed by atoms with Crippen molar-refractivity contribution in [3.8, 4) is 5.75 Å². The smallest absolute Gasteiger partial charge is 0.268 e. The van der Waals surface area contributed by atoms with Crippen LogP contribution in [-0.2, 0) is 4.79 Å². The molecule has 0 spiro atoms. The summed E-state index contributed by atoms with van der Waals surface area (Å²) in [5, 5.41) is 0.630. The molecule has 2 aromatic carbocycles. The molecule has 1 amide bonds. The maximum absolute atomic E-state index is 12.9. The quantitative estimate of drug-likeness (QED) is 0.901. The Labute approximate surface area is 153 Å². The number of rotatable bonds is 4. The normalized spacial score (nSPS) is 17.9. The van der Waals surface area contributed by atoms with Crippen molar-refractivity contribution < 1.29 is 9.53 Å². The van der Waals surface area contributed by atoms with Gasteiger partial charge in [0.2, 0.25) is 6.10 Å². The summed E-state index contributed by atoms with van der Waals surface area (Å²) in [6.45, 7) is 1.25. The highest BCUT2D eigenvalue weighted by Gasteiger charge is 2.31. The van der Waals surface area contributed by atoms with E-state index in [0.717, 1.165) is 12.0 Å². The fourth-order valence-electron chi connectivity index (χ4n) is 2.69. The molecule has 2 aromatic rings. The molecule has 24 heavy (non-hydrogen) atoms. The Morgan fingerprint density at radius 2 is 1.83 bits per heavy atom. The van der Waals surface area contributed by atoms with Crippen molar-refractivity contribution in [1.29, 1.82) is 0 Å². The van der Waals surface area contributed by atoms with Gasteiger partial charge in [0.1, 0.15) is 5.75 Å². The number of nitrogens with two attached hydrogens (primary N) is 1. The predicted molar refractivity (Wildman–Crippen MR) is 97.7 cm³/mol. The molecule has 0 radical (unpaired) electrons. The van der Waals surface area contributed by atoms with Gasteiger partial charge in [0.25, 0.3) is 5.91 Å². The Bertz CT molecular complexity index is 664. The number of amides is 1.